The van der Waals surface area contributed by atoms with Gasteiger partial charge in [-0.05, 0) is 18.6 Å². The van der Waals surface area contributed by atoms with Gasteiger partial charge in [0.15, 0.2) is 0 Å². The third-order valence-electron chi connectivity index (χ3n) is 2.36. The number of amides is 1. The number of nitrogen functional groups attached to an aromatic ring is 1. The minimum atomic E-state index is 0.0213. The molecule has 0 aliphatic carbocycles. The van der Waals surface area contributed by atoms with Crippen molar-refractivity contribution in [2.75, 3.05) is 18.9 Å². The van der Waals surface area contributed by atoms with Crippen molar-refractivity contribution >= 4 is 11.6 Å². The van der Waals surface area contributed by atoms with E-state index in [-0.39, 0.29) is 5.91 Å². The van der Waals surface area contributed by atoms with Crippen molar-refractivity contribution in [1.29, 1.82) is 0 Å². The van der Waals surface area contributed by atoms with Gasteiger partial charge in [-0.1, -0.05) is 25.5 Å². The molecule has 1 amide bonds. The lowest BCUT2D eigenvalue weighted by atomic mass is 10.3. The van der Waals surface area contributed by atoms with Gasteiger partial charge in [-0.2, -0.15) is 0 Å². The molecule has 0 bridgehead atoms. The predicted molar refractivity (Wildman–Crippen MR) is 68.9 cm³/mol. The maximum absolute atomic E-state index is 11.4. The van der Waals surface area contributed by atoms with E-state index in [0.717, 1.165) is 19.4 Å². The van der Waals surface area contributed by atoms with Gasteiger partial charge in [-0.15, -0.1) is 0 Å². The van der Waals surface area contributed by atoms with E-state index < -0.39 is 0 Å². The van der Waals surface area contributed by atoms with E-state index in [4.69, 9.17) is 10.5 Å². The summed E-state index contributed by atoms with van der Waals surface area (Å²) in [5, 5.41) is 2.83. The molecule has 0 aliphatic heterocycles. The fourth-order valence-corrected chi connectivity index (χ4v) is 1.36. The van der Waals surface area contributed by atoms with Gasteiger partial charge in [0, 0.05) is 6.54 Å². The molecule has 0 atom stereocenters. The third kappa shape index (κ3) is 5.24. The molecule has 17 heavy (non-hydrogen) atoms. The smallest absolute Gasteiger partial charge is 0.223 e. The van der Waals surface area contributed by atoms with Crippen LogP contribution in [0.25, 0.3) is 0 Å². The van der Waals surface area contributed by atoms with E-state index in [1.165, 1.54) is 0 Å². The number of ether oxygens (including phenoxy) is 1. The summed E-state index contributed by atoms with van der Waals surface area (Å²) in [6.07, 6.45) is 2.45. The molecule has 0 fully saturated rings. The Hall–Kier alpha value is -1.71. The van der Waals surface area contributed by atoms with Crippen LogP contribution in [-0.4, -0.2) is 19.1 Å². The van der Waals surface area contributed by atoms with Crippen molar-refractivity contribution in [3.63, 3.8) is 0 Å². The Bertz CT molecular complexity index is 353. The highest BCUT2D eigenvalue weighted by molar-refractivity contribution is 5.75. The predicted octanol–water partition coefficient (Wildman–Crippen LogP) is 1.95. The number of carbonyl (C=O) groups excluding carboxylic acids is 1. The first-order chi connectivity index (χ1) is 8.24. The quantitative estimate of drug-likeness (QED) is 0.562. The number of unbranched alkanes of at least 4 members (excludes halogenated alkanes) is 1. The molecule has 0 radical (unpaired) electrons. The number of hydrogen-bond acceptors (Lipinski definition) is 3. The number of carbonyl (C=O) groups is 1. The topological polar surface area (TPSA) is 64.3 Å². The fraction of sp³-hybridized carbons (Fsp3) is 0.462. The van der Waals surface area contributed by atoms with Crippen LogP contribution in [0, 0.1) is 0 Å². The Kier molecular flexibility index (Phi) is 5.93. The monoisotopic (exact) mass is 236 g/mol. The van der Waals surface area contributed by atoms with E-state index in [2.05, 4.69) is 12.2 Å². The summed E-state index contributed by atoms with van der Waals surface area (Å²) in [6, 6.07) is 7.27. The highest BCUT2D eigenvalue weighted by Crippen LogP contribution is 2.19. The zero-order chi connectivity index (χ0) is 12.5. The zero-order valence-corrected chi connectivity index (χ0v) is 10.2. The number of anilines is 1. The van der Waals surface area contributed by atoms with Crippen LogP contribution in [0.3, 0.4) is 0 Å². The van der Waals surface area contributed by atoms with Gasteiger partial charge < -0.3 is 15.8 Å². The van der Waals surface area contributed by atoms with Crippen LogP contribution in [0.1, 0.15) is 26.2 Å². The lowest BCUT2D eigenvalue weighted by Crippen LogP contribution is -2.25. The van der Waals surface area contributed by atoms with Crippen molar-refractivity contribution in [1.82, 2.24) is 5.32 Å². The minimum absolute atomic E-state index is 0.0213. The fourth-order valence-electron chi connectivity index (χ4n) is 1.36. The average Bonchev–Trinajstić information content (AvgIpc) is 2.32. The largest absolute Gasteiger partial charge is 0.491 e. The third-order valence-corrected chi connectivity index (χ3v) is 2.36. The van der Waals surface area contributed by atoms with Crippen LogP contribution in [0.2, 0.25) is 0 Å². The first-order valence-electron chi connectivity index (χ1n) is 5.98. The highest BCUT2D eigenvalue weighted by Gasteiger charge is 2.02. The molecule has 3 N–H and O–H groups in total. The lowest BCUT2D eigenvalue weighted by molar-refractivity contribution is -0.121. The van der Waals surface area contributed by atoms with E-state index >= 15 is 0 Å². The van der Waals surface area contributed by atoms with E-state index in [9.17, 15) is 4.79 Å². The van der Waals surface area contributed by atoms with Crippen LogP contribution in [-0.2, 0) is 4.79 Å². The summed E-state index contributed by atoms with van der Waals surface area (Å²) < 4.78 is 5.43. The number of rotatable bonds is 7. The molecule has 1 rings (SSSR count). The molecule has 0 aliphatic rings. The Morgan fingerprint density at radius 3 is 2.88 bits per heavy atom. The Morgan fingerprint density at radius 1 is 1.41 bits per heavy atom. The van der Waals surface area contributed by atoms with Crippen molar-refractivity contribution in [3.05, 3.63) is 24.3 Å². The molecule has 0 spiro atoms. The first kappa shape index (κ1) is 13.4. The Balaban J connectivity index is 2.19. The highest BCUT2D eigenvalue weighted by atomic mass is 16.5. The molecule has 0 unspecified atom stereocenters. The standard InChI is InChI=1S/C13H20N2O2/c1-2-3-9-15-13(16)8-10-17-12-7-5-4-6-11(12)14/h4-7H,2-3,8-10,14H2,1H3,(H,15,16). The van der Waals surface area contributed by atoms with Gasteiger partial charge >= 0.3 is 0 Å². The molecule has 1 aromatic carbocycles. The number of nitrogens with two attached hydrogens (primary N) is 1. The van der Waals surface area contributed by atoms with Gasteiger partial charge in [-0.25, -0.2) is 0 Å². The summed E-state index contributed by atoms with van der Waals surface area (Å²) in [7, 11) is 0. The maximum atomic E-state index is 11.4. The van der Waals surface area contributed by atoms with Gasteiger partial charge in [-0.3, -0.25) is 4.79 Å². The molecule has 4 heteroatoms. The van der Waals surface area contributed by atoms with Crippen LogP contribution >= 0.6 is 0 Å². The molecule has 1 aromatic rings. The lowest BCUT2D eigenvalue weighted by Gasteiger charge is -2.08. The summed E-state index contributed by atoms with van der Waals surface area (Å²) in [4.78, 5) is 11.4. The summed E-state index contributed by atoms with van der Waals surface area (Å²) >= 11 is 0. The molecule has 0 saturated carbocycles. The van der Waals surface area contributed by atoms with Gasteiger partial charge in [0.25, 0.3) is 0 Å². The molecule has 0 aromatic heterocycles. The normalized spacial score (nSPS) is 9.94. The summed E-state index contributed by atoms with van der Waals surface area (Å²) in [5.74, 6) is 0.654. The molecule has 94 valence electrons. The van der Waals surface area contributed by atoms with Crippen LogP contribution in [0.15, 0.2) is 24.3 Å². The number of nitrogens with one attached hydrogen (secondary N) is 1. The molecule has 4 nitrogen and oxygen atoms in total. The van der Waals surface area contributed by atoms with E-state index in [1.807, 2.05) is 12.1 Å². The van der Waals surface area contributed by atoms with Crippen LogP contribution in [0.4, 0.5) is 5.69 Å². The number of hydrogen-bond donors (Lipinski definition) is 2. The second-order valence-electron chi connectivity index (χ2n) is 3.84. The van der Waals surface area contributed by atoms with Crippen molar-refractivity contribution in [2.45, 2.75) is 26.2 Å². The average molecular weight is 236 g/mol. The summed E-state index contributed by atoms with van der Waals surface area (Å²) in [5.41, 5.74) is 6.31. The second kappa shape index (κ2) is 7.54. The molecule has 0 heterocycles. The van der Waals surface area contributed by atoms with Crippen molar-refractivity contribution < 1.29 is 9.53 Å². The summed E-state index contributed by atoms with van der Waals surface area (Å²) in [6.45, 7) is 3.18. The van der Waals surface area contributed by atoms with Crippen molar-refractivity contribution in [2.24, 2.45) is 0 Å². The Morgan fingerprint density at radius 2 is 2.18 bits per heavy atom. The van der Waals surface area contributed by atoms with Crippen LogP contribution in [0.5, 0.6) is 5.75 Å². The molecular formula is C13H20N2O2. The molecular weight excluding hydrogens is 216 g/mol. The Labute approximate surface area is 102 Å². The first-order valence-corrected chi connectivity index (χ1v) is 5.98. The zero-order valence-electron chi connectivity index (χ0n) is 10.2. The number of para-hydroxylation sites is 2. The van der Waals surface area contributed by atoms with Crippen molar-refractivity contribution in [3.8, 4) is 5.75 Å². The van der Waals surface area contributed by atoms with Gasteiger partial charge in [0.2, 0.25) is 5.91 Å². The van der Waals surface area contributed by atoms with Gasteiger partial charge in [0.05, 0.1) is 18.7 Å². The minimum Gasteiger partial charge on any atom is -0.491 e. The SMILES string of the molecule is CCCCNC(=O)CCOc1ccccc1N. The van der Waals surface area contributed by atoms with Gasteiger partial charge in [0.1, 0.15) is 5.75 Å². The van der Waals surface area contributed by atoms with Crippen LogP contribution < -0.4 is 15.8 Å². The molecule has 0 saturated heterocycles. The van der Waals surface area contributed by atoms with E-state index in [1.54, 1.807) is 12.1 Å². The number of benzene rings is 1. The maximum Gasteiger partial charge on any atom is 0.223 e. The van der Waals surface area contributed by atoms with E-state index in [0.29, 0.717) is 24.5 Å². The second-order valence-corrected chi connectivity index (χ2v) is 3.84.